The van der Waals surface area contributed by atoms with Crippen molar-refractivity contribution >= 4 is 46.9 Å². The van der Waals surface area contributed by atoms with E-state index in [4.69, 9.17) is 9.47 Å². The molecular formula is C50H43N3O8. The number of phenolic OH excluding ortho intramolecular Hbond substituents is 1. The first-order valence-electron chi connectivity index (χ1n) is 20.2. The van der Waals surface area contributed by atoms with Gasteiger partial charge in [0.25, 0.3) is 11.8 Å². The van der Waals surface area contributed by atoms with Gasteiger partial charge in [-0.15, -0.1) is 0 Å². The first kappa shape index (κ1) is 39.2. The summed E-state index contributed by atoms with van der Waals surface area (Å²) in [6.07, 6.45) is 6.08. The number of nitrogens with one attached hydrogen (secondary N) is 1. The van der Waals surface area contributed by atoms with E-state index in [9.17, 15) is 24.3 Å². The van der Waals surface area contributed by atoms with Gasteiger partial charge in [0, 0.05) is 17.0 Å². The minimum absolute atomic E-state index is 0.140. The van der Waals surface area contributed by atoms with Gasteiger partial charge in [-0.2, -0.15) is 5.01 Å². The summed E-state index contributed by atoms with van der Waals surface area (Å²) in [6.45, 7) is 1.95. The van der Waals surface area contributed by atoms with Gasteiger partial charge in [-0.05, 0) is 85.3 Å². The Morgan fingerprint density at radius 3 is 2.03 bits per heavy atom. The van der Waals surface area contributed by atoms with Crippen LogP contribution in [-0.4, -0.2) is 53.7 Å². The summed E-state index contributed by atoms with van der Waals surface area (Å²) >= 11 is 0. The average Bonchev–Trinajstić information content (AvgIpc) is 3.67. The van der Waals surface area contributed by atoms with Crippen molar-refractivity contribution < 1.29 is 38.6 Å². The Labute approximate surface area is 352 Å². The molecule has 2 N–H and O–H groups in total. The number of ether oxygens (including phenoxy) is 2. The molecule has 2 aliphatic carbocycles. The standard InChI is InChI=1S/C50H43N3O8/c1-29-14-19-34(20-15-29)51-53-47(57)40-28-38-36(23-24-37-43(38)48(58)52(46(37)56)35-21-17-32(18-22-35)44(54)31-10-6-4-7-11-31)39(50(40,49(53)59)33-12-8-5-9-13-33)25-16-30-26-41(60-2)45(55)42(27-30)61-3/h4-23,25-27,37-40,43,51,55H,24,28H2,1-3H3/t37-,38+,39-,40-,43-,50-/m0/s1. The largest absolute Gasteiger partial charge is 0.502 e. The van der Waals surface area contributed by atoms with Crippen LogP contribution < -0.4 is 19.8 Å². The summed E-state index contributed by atoms with van der Waals surface area (Å²) in [6, 6.07) is 35.4. The predicted molar refractivity (Wildman–Crippen MR) is 229 cm³/mol. The van der Waals surface area contributed by atoms with Crippen LogP contribution in [0.25, 0.3) is 6.08 Å². The summed E-state index contributed by atoms with van der Waals surface area (Å²) in [7, 11) is 2.87. The van der Waals surface area contributed by atoms with Crippen LogP contribution in [0, 0.1) is 36.5 Å². The smallest absolute Gasteiger partial charge is 0.260 e. The number of methoxy groups -OCH3 is 2. The number of aryl methyl sites for hydroxylation is 1. The minimum atomic E-state index is -1.45. The van der Waals surface area contributed by atoms with E-state index < -0.39 is 46.8 Å². The van der Waals surface area contributed by atoms with Gasteiger partial charge in [0.15, 0.2) is 17.3 Å². The maximum atomic E-state index is 15.4. The number of carbonyl (C=O) groups is 5. The lowest BCUT2D eigenvalue weighted by atomic mass is 9.50. The Morgan fingerprint density at radius 2 is 1.39 bits per heavy atom. The number of hydrogen-bond donors (Lipinski definition) is 2. The van der Waals surface area contributed by atoms with Crippen molar-refractivity contribution in [3.05, 3.63) is 167 Å². The molecule has 2 aliphatic heterocycles. The van der Waals surface area contributed by atoms with Gasteiger partial charge in [0.2, 0.25) is 17.6 Å². The monoisotopic (exact) mass is 813 g/mol. The first-order chi connectivity index (χ1) is 29.6. The molecule has 0 aromatic heterocycles. The number of allylic oxidation sites excluding steroid dienone is 3. The first-order valence-corrected chi connectivity index (χ1v) is 20.2. The number of hydrogen-bond acceptors (Lipinski definition) is 9. The molecule has 3 fully saturated rings. The third-order valence-electron chi connectivity index (χ3n) is 12.9. The maximum Gasteiger partial charge on any atom is 0.260 e. The van der Waals surface area contributed by atoms with E-state index in [0.29, 0.717) is 33.6 Å². The van der Waals surface area contributed by atoms with Gasteiger partial charge < -0.3 is 14.6 Å². The lowest BCUT2D eigenvalue weighted by Gasteiger charge is -2.49. The second-order valence-corrected chi connectivity index (χ2v) is 16.0. The molecule has 1 saturated carbocycles. The lowest BCUT2D eigenvalue weighted by molar-refractivity contribution is -0.139. The van der Waals surface area contributed by atoms with E-state index in [1.54, 1.807) is 60.7 Å². The van der Waals surface area contributed by atoms with Gasteiger partial charge in [0.05, 0.1) is 48.8 Å². The van der Waals surface area contributed by atoms with Gasteiger partial charge in [0.1, 0.15) is 0 Å². The number of ketones is 1. The molecule has 0 bridgehead atoms. The Hall–Kier alpha value is -7.27. The predicted octanol–water partition coefficient (Wildman–Crippen LogP) is 7.68. The molecular weight excluding hydrogens is 771 g/mol. The number of carbonyl (C=O) groups excluding carboxylic acids is 5. The highest BCUT2D eigenvalue weighted by Gasteiger charge is 2.69. The van der Waals surface area contributed by atoms with Crippen molar-refractivity contribution in [2.24, 2.45) is 29.6 Å². The highest BCUT2D eigenvalue weighted by atomic mass is 16.5. The molecule has 9 rings (SSSR count). The molecule has 11 nitrogen and oxygen atoms in total. The fourth-order valence-corrected chi connectivity index (χ4v) is 9.98. The van der Waals surface area contributed by atoms with Crippen molar-refractivity contribution in [1.29, 1.82) is 0 Å². The molecule has 4 amide bonds. The molecule has 5 aromatic carbocycles. The number of rotatable bonds is 10. The maximum absolute atomic E-state index is 15.4. The van der Waals surface area contributed by atoms with Crippen LogP contribution in [0.1, 0.15) is 45.5 Å². The molecule has 306 valence electrons. The molecule has 5 aromatic rings. The van der Waals surface area contributed by atoms with Crippen LogP contribution >= 0.6 is 0 Å². The van der Waals surface area contributed by atoms with Crippen molar-refractivity contribution in [2.45, 2.75) is 25.2 Å². The number of imide groups is 2. The molecule has 6 atom stereocenters. The molecule has 0 spiro atoms. The van der Waals surface area contributed by atoms with Crippen molar-refractivity contribution in [3.63, 3.8) is 0 Å². The van der Waals surface area contributed by atoms with Crippen molar-refractivity contribution in [3.8, 4) is 17.2 Å². The fourth-order valence-electron chi connectivity index (χ4n) is 9.98. The second-order valence-electron chi connectivity index (χ2n) is 16.0. The summed E-state index contributed by atoms with van der Waals surface area (Å²) in [5, 5.41) is 11.8. The van der Waals surface area contributed by atoms with Crippen LogP contribution in [0.3, 0.4) is 0 Å². The Balaban J connectivity index is 1.15. The van der Waals surface area contributed by atoms with Crippen molar-refractivity contribution in [2.75, 3.05) is 24.5 Å². The van der Waals surface area contributed by atoms with Crippen LogP contribution in [0.4, 0.5) is 11.4 Å². The fraction of sp³-hybridized carbons (Fsp3) is 0.220. The normalized spacial score (nSPS) is 24.3. The molecule has 61 heavy (non-hydrogen) atoms. The SMILES string of the molecule is COc1cc(C=C[C@H]2C3=CC[C@@H]4C(=O)N(c5ccc(C(=O)c6ccccc6)cc5)C(=O)[C@@H]4[C@@H]3C[C@H]3C(=O)N(Nc4ccc(C)cc4)C(=O)[C@@]23c2ccccc2)cc(OC)c1O. The minimum Gasteiger partial charge on any atom is -0.502 e. The molecule has 2 heterocycles. The number of benzene rings is 5. The zero-order valence-electron chi connectivity index (χ0n) is 33.8. The van der Waals surface area contributed by atoms with E-state index >= 15 is 4.79 Å². The van der Waals surface area contributed by atoms with Crippen LogP contribution in [0.2, 0.25) is 0 Å². The molecule has 0 radical (unpaired) electrons. The molecule has 11 heteroatoms. The number of phenols is 1. The number of fused-ring (bicyclic) bond motifs is 4. The van der Waals surface area contributed by atoms with Gasteiger partial charge in [-0.3, -0.25) is 34.3 Å². The summed E-state index contributed by atoms with van der Waals surface area (Å²) < 4.78 is 10.9. The van der Waals surface area contributed by atoms with Crippen LogP contribution in [0.15, 0.2) is 139 Å². The molecule has 2 saturated heterocycles. The Bertz CT molecular complexity index is 2620. The highest BCUT2D eigenvalue weighted by Crippen LogP contribution is 2.61. The van der Waals surface area contributed by atoms with Gasteiger partial charge in [-0.25, -0.2) is 0 Å². The summed E-state index contributed by atoms with van der Waals surface area (Å²) in [4.78, 5) is 73.9. The van der Waals surface area contributed by atoms with Crippen LogP contribution in [-0.2, 0) is 24.6 Å². The quantitative estimate of drug-likeness (QED) is 0.0825. The number of nitrogens with zero attached hydrogens (tertiary/aromatic N) is 2. The number of hydrazine groups is 1. The summed E-state index contributed by atoms with van der Waals surface area (Å²) in [5.41, 5.74) is 6.59. The topological polar surface area (TPSA) is 143 Å². The molecule has 4 aliphatic rings. The van der Waals surface area contributed by atoms with Gasteiger partial charge >= 0.3 is 0 Å². The second kappa shape index (κ2) is 15.4. The zero-order valence-corrected chi connectivity index (χ0v) is 33.8. The van der Waals surface area contributed by atoms with E-state index in [-0.39, 0.29) is 47.7 Å². The van der Waals surface area contributed by atoms with Crippen molar-refractivity contribution in [1.82, 2.24) is 5.01 Å². The molecule has 0 unspecified atom stereocenters. The van der Waals surface area contributed by atoms with E-state index in [1.807, 2.05) is 85.8 Å². The Morgan fingerprint density at radius 1 is 0.770 bits per heavy atom. The Kier molecular flexibility index (Phi) is 9.90. The third kappa shape index (κ3) is 6.30. The van der Waals surface area contributed by atoms with E-state index in [0.717, 1.165) is 16.1 Å². The summed E-state index contributed by atoms with van der Waals surface area (Å²) in [5.74, 6) is -5.34. The number of anilines is 2. The number of aromatic hydroxyl groups is 1. The highest BCUT2D eigenvalue weighted by molar-refractivity contribution is 6.23. The van der Waals surface area contributed by atoms with E-state index in [1.165, 1.54) is 19.1 Å². The zero-order chi connectivity index (χ0) is 42.6. The van der Waals surface area contributed by atoms with Gasteiger partial charge in [-0.1, -0.05) is 102 Å². The van der Waals surface area contributed by atoms with Crippen LogP contribution in [0.5, 0.6) is 17.2 Å². The lowest BCUT2D eigenvalue weighted by Crippen LogP contribution is -2.54. The van der Waals surface area contributed by atoms with E-state index in [2.05, 4.69) is 5.43 Å². The third-order valence-corrected chi connectivity index (χ3v) is 12.9. The number of amides is 4. The average molecular weight is 814 g/mol.